The van der Waals surface area contributed by atoms with Crippen molar-refractivity contribution in [2.24, 2.45) is 11.8 Å². The molecule has 100 valence electrons. The molecule has 0 bridgehead atoms. The second-order valence-electron chi connectivity index (χ2n) is 6.05. The SMILES string of the molecule is CC1CCCCC1NCCOCC1CCCC1. The summed E-state index contributed by atoms with van der Waals surface area (Å²) in [5.74, 6) is 1.72. The van der Waals surface area contributed by atoms with E-state index in [0.29, 0.717) is 0 Å². The molecule has 0 amide bonds. The van der Waals surface area contributed by atoms with Gasteiger partial charge in [-0.1, -0.05) is 32.6 Å². The highest BCUT2D eigenvalue weighted by molar-refractivity contribution is 4.77. The third-order valence-corrected chi connectivity index (χ3v) is 4.59. The summed E-state index contributed by atoms with van der Waals surface area (Å²) in [6.07, 6.45) is 11.2. The van der Waals surface area contributed by atoms with E-state index in [9.17, 15) is 0 Å². The molecule has 2 saturated carbocycles. The van der Waals surface area contributed by atoms with Crippen LogP contribution in [0.1, 0.15) is 58.3 Å². The summed E-state index contributed by atoms with van der Waals surface area (Å²) >= 11 is 0. The molecule has 1 N–H and O–H groups in total. The Balaban J connectivity index is 1.47. The first-order valence-electron chi connectivity index (χ1n) is 7.67. The predicted octanol–water partition coefficient (Wildman–Crippen LogP) is 3.36. The topological polar surface area (TPSA) is 21.3 Å². The van der Waals surface area contributed by atoms with Crippen LogP contribution in [0.3, 0.4) is 0 Å². The summed E-state index contributed by atoms with van der Waals surface area (Å²) in [7, 11) is 0. The average Bonchev–Trinajstić information content (AvgIpc) is 2.84. The van der Waals surface area contributed by atoms with Crippen LogP contribution in [-0.4, -0.2) is 25.8 Å². The predicted molar refractivity (Wildman–Crippen MR) is 72.2 cm³/mol. The lowest BCUT2D eigenvalue weighted by Gasteiger charge is -2.29. The first-order valence-corrected chi connectivity index (χ1v) is 7.67. The maximum Gasteiger partial charge on any atom is 0.0591 e. The zero-order valence-corrected chi connectivity index (χ0v) is 11.4. The molecule has 0 radical (unpaired) electrons. The highest BCUT2D eigenvalue weighted by atomic mass is 16.5. The van der Waals surface area contributed by atoms with Crippen LogP contribution in [0.5, 0.6) is 0 Å². The Kier molecular flexibility index (Phi) is 5.79. The van der Waals surface area contributed by atoms with Gasteiger partial charge in [0.15, 0.2) is 0 Å². The largest absolute Gasteiger partial charge is 0.380 e. The van der Waals surface area contributed by atoms with Crippen LogP contribution in [0.25, 0.3) is 0 Å². The van der Waals surface area contributed by atoms with E-state index >= 15 is 0 Å². The summed E-state index contributed by atoms with van der Waals surface area (Å²) in [6, 6.07) is 0.749. The lowest BCUT2D eigenvalue weighted by atomic mass is 9.86. The zero-order chi connectivity index (χ0) is 11.9. The van der Waals surface area contributed by atoms with Gasteiger partial charge >= 0.3 is 0 Å². The summed E-state index contributed by atoms with van der Waals surface area (Å²) in [6.45, 7) is 5.33. The highest BCUT2D eigenvalue weighted by Crippen LogP contribution is 2.25. The average molecular weight is 239 g/mol. The second-order valence-corrected chi connectivity index (χ2v) is 6.05. The van der Waals surface area contributed by atoms with Gasteiger partial charge in [-0.15, -0.1) is 0 Å². The van der Waals surface area contributed by atoms with Crippen molar-refractivity contribution in [3.63, 3.8) is 0 Å². The van der Waals surface area contributed by atoms with Crippen LogP contribution in [0.15, 0.2) is 0 Å². The maximum atomic E-state index is 5.78. The van der Waals surface area contributed by atoms with Crippen molar-refractivity contribution in [3.8, 4) is 0 Å². The maximum absolute atomic E-state index is 5.78. The van der Waals surface area contributed by atoms with Crippen LogP contribution < -0.4 is 5.32 Å². The molecule has 2 heteroatoms. The van der Waals surface area contributed by atoms with E-state index in [-0.39, 0.29) is 0 Å². The Morgan fingerprint density at radius 3 is 2.47 bits per heavy atom. The van der Waals surface area contributed by atoms with Gasteiger partial charge in [0.2, 0.25) is 0 Å². The van der Waals surface area contributed by atoms with Gasteiger partial charge in [0.1, 0.15) is 0 Å². The molecule has 0 saturated heterocycles. The smallest absolute Gasteiger partial charge is 0.0591 e. The van der Waals surface area contributed by atoms with Crippen LogP contribution in [0, 0.1) is 11.8 Å². The molecule has 2 aliphatic rings. The van der Waals surface area contributed by atoms with E-state index in [1.807, 2.05) is 0 Å². The lowest BCUT2D eigenvalue weighted by Crippen LogP contribution is -2.39. The number of rotatable bonds is 6. The number of hydrogen-bond acceptors (Lipinski definition) is 2. The Morgan fingerprint density at radius 2 is 1.71 bits per heavy atom. The lowest BCUT2D eigenvalue weighted by molar-refractivity contribution is 0.0984. The minimum absolute atomic E-state index is 0.749. The fourth-order valence-electron chi connectivity index (χ4n) is 3.36. The molecule has 2 fully saturated rings. The molecular weight excluding hydrogens is 210 g/mol. The first kappa shape index (κ1) is 13.4. The molecule has 2 aliphatic carbocycles. The summed E-state index contributed by atoms with van der Waals surface area (Å²) in [5, 5.41) is 3.67. The van der Waals surface area contributed by atoms with Gasteiger partial charge in [-0.2, -0.15) is 0 Å². The van der Waals surface area contributed by atoms with Gasteiger partial charge in [0.25, 0.3) is 0 Å². The van der Waals surface area contributed by atoms with E-state index in [4.69, 9.17) is 4.74 Å². The Hall–Kier alpha value is -0.0800. The molecule has 2 unspecified atom stereocenters. The molecular formula is C15H29NO. The third-order valence-electron chi connectivity index (χ3n) is 4.59. The fourth-order valence-corrected chi connectivity index (χ4v) is 3.36. The Bertz CT molecular complexity index is 201. The van der Waals surface area contributed by atoms with Crippen LogP contribution in [0.4, 0.5) is 0 Å². The standard InChI is InChI=1S/C15H29NO/c1-13-6-2-5-9-15(13)16-10-11-17-12-14-7-3-4-8-14/h13-16H,2-12H2,1H3. The van der Waals surface area contributed by atoms with Gasteiger partial charge in [-0.25, -0.2) is 0 Å². The van der Waals surface area contributed by atoms with Crippen LogP contribution >= 0.6 is 0 Å². The summed E-state index contributed by atoms with van der Waals surface area (Å²) in [4.78, 5) is 0. The molecule has 0 aromatic carbocycles. The molecule has 2 rings (SSSR count). The molecule has 2 nitrogen and oxygen atoms in total. The van der Waals surface area contributed by atoms with Crippen molar-refractivity contribution in [1.29, 1.82) is 0 Å². The first-order chi connectivity index (χ1) is 8.36. The molecule has 17 heavy (non-hydrogen) atoms. The number of hydrogen-bond donors (Lipinski definition) is 1. The normalized spacial score (nSPS) is 30.9. The molecule has 0 heterocycles. The van der Waals surface area contributed by atoms with Crippen molar-refractivity contribution in [1.82, 2.24) is 5.32 Å². The monoisotopic (exact) mass is 239 g/mol. The number of nitrogens with one attached hydrogen (secondary N) is 1. The van der Waals surface area contributed by atoms with Gasteiger partial charge in [-0.05, 0) is 37.5 Å². The zero-order valence-electron chi connectivity index (χ0n) is 11.4. The van der Waals surface area contributed by atoms with E-state index in [1.54, 1.807) is 0 Å². The number of ether oxygens (including phenoxy) is 1. The third kappa shape index (κ3) is 4.59. The van der Waals surface area contributed by atoms with Crippen molar-refractivity contribution in [3.05, 3.63) is 0 Å². The molecule has 0 aromatic heterocycles. The van der Waals surface area contributed by atoms with E-state index in [0.717, 1.165) is 37.6 Å². The quantitative estimate of drug-likeness (QED) is 0.718. The minimum atomic E-state index is 0.749. The van der Waals surface area contributed by atoms with Crippen molar-refractivity contribution >= 4 is 0 Å². The van der Waals surface area contributed by atoms with Gasteiger partial charge < -0.3 is 10.1 Å². The van der Waals surface area contributed by atoms with Gasteiger partial charge in [-0.3, -0.25) is 0 Å². The highest BCUT2D eigenvalue weighted by Gasteiger charge is 2.20. The Morgan fingerprint density at radius 1 is 1.00 bits per heavy atom. The molecule has 2 atom stereocenters. The second kappa shape index (κ2) is 7.38. The van der Waals surface area contributed by atoms with Gasteiger partial charge in [0, 0.05) is 19.2 Å². The van der Waals surface area contributed by atoms with Crippen molar-refractivity contribution in [2.45, 2.75) is 64.3 Å². The van der Waals surface area contributed by atoms with Crippen molar-refractivity contribution in [2.75, 3.05) is 19.8 Å². The Labute approximate surface area is 107 Å². The molecule has 0 aliphatic heterocycles. The summed E-state index contributed by atoms with van der Waals surface area (Å²) < 4.78 is 5.78. The fraction of sp³-hybridized carbons (Fsp3) is 1.00. The van der Waals surface area contributed by atoms with Crippen LogP contribution in [-0.2, 0) is 4.74 Å². The van der Waals surface area contributed by atoms with E-state index < -0.39 is 0 Å². The summed E-state index contributed by atoms with van der Waals surface area (Å²) in [5.41, 5.74) is 0. The van der Waals surface area contributed by atoms with Crippen molar-refractivity contribution < 1.29 is 4.74 Å². The van der Waals surface area contributed by atoms with E-state index in [1.165, 1.54) is 51.4 Å². The minimum Gasteiger partial charge on any atom is -0.380 e. The molecule has 0 aromatic rings. The van der Waals surface area contributed by atoms with E-state index in [2.05, 4.69) is 12.2 Å². The van der Waals surface area contributed by atoms with Crippen LogP contribution in [0.2, 0.25) is 0 Å². The molecule has 0 spiro atoms. The van der Waals surface area contributed by atoms with Gasteiger partial charge in [0.05, 0.1) is 6.61 Å².